The molecule has 0 fully saturated rings. The number of aliphatic imine (C=N–C) groups is 1. The van der Waals surface area contributed by atoms with Crippen molar-refractivity contribution in [1.29, 1.82) is 0 Å². The van der Waals surface area contributed by atoms with Gasteiger partial charge in [0.15, 0.2) is 11.6 Å². The van der Waals surface area contributed by atoms with Crippen LogP contribution in [0.1, 0.15) is 44.0 Å². The lowest BCUT2D eigenvalue weighted by Gasteiger charge is -2.07. The number of fused-ring (bicyclic) bond motifs is 2. The predicted molar refractivity (Wildman–Crippen MR) is 118 cm³/mol. The number of guanidine groups is 1. The molecule has 1 aromatic carbocycles. The quantitative estimate of drug-likeness (QED) is 0.244. The van der Waals surface area contributed by atoms with Crippen LogP contribution in [0.25, 0.3) is 27.9 Å². The van der Waals surface area contributed by atoms with Crippen molar-refractivity contribution in [1.82, 2.24) is 14.4 Å². The van der Waals surface area contributed by atoms with E-state index in [2.05, 4.69) is 18.8 Å². The average Bonchev–Trinajstić information content (AvgIpc) is 3.32. The number of para-hydroxylation sites is 1. The highest BCUT2D eigenvalue weighted by molar-refractivity contribution is 5.92. The van der Waals surface area contributed by atoms with E-state index in [1.54, 1.807) is 10.7 Å². The van der Waals surface area contributed by atoms with Crippen molar-refractivity contribution in [2.75, 3.05) is 6.54 Å². The van der Waals surface area contributed by atoms with Gasteiger partial charge in [0.25, 0.3) is 0 Å². The van der Waals surface area contributed by atoms with Gasteiger partial charge in [0.2, 0.25) is 5.88 Å². The number of hydrogen-bond donors (Lipinski definition) is 3. The number of rotatable bonds is 7. The molecule has 8 nitrogen and oxygen atoms in total. The largest absolute Gasteiger partial charge is 0.493 e. The van der Waals surface area contributed by atoms with Crippen molar-refractivity contribution in [3.63, 3.8) is 0 Å². The second-order valence-corrected chi connectivity index (χ2v) is 7.45. The molecule has 3 aromatic heterocycles. The number of aromatic nitrogens is 3. The Bertz CT molecular complexity index is 1220. The molecule has 0 saturated carbocycles. The normalized spacial score (nSPS) is 12.5. The molecule has 1 unspecified atom stereocenters. The Kier molecular flexibility index (Phi) is 5.31. The summed E-state index contributed by atoms with van der Waals surface area (Å²) in [7, 11) is 0. The molecule has 5 N–H and O–H groups in total. The minimum Gasteiger partial charge on any atom is -0.493 e. The summed E-state index contributed by atoms with van der Waals surface area (Å²) >= 11 is 0. The number of nitrogens with zero attached hydrogens (tertiary/aromatic N) is 4. The second kappa shape index (κ2) is 8.06. The Morgan fingerprint density at radius 1 is 1.27 bits per heavy atom. The Morgan fingerprint density at radius 3 is 2.83 bits per heavy atom. The lowest BCUT2D eigenvalue weighted by atomic mass is 10.1. The lowest BCUT2D eigenvalue weighted by molar-refractivity contribution is 0.435. The van der Waals surface area contributed by atoms with Crippen LogP contribution >= 0.6 is 0 Å². The maximum Gasteiger partial charge on any atom is 0.219 e. The van der Waals surface area contributed by atoms with Crippen LogP contribution < -0.4 is 11.5 Å². The summed E-state index contributed by atoms with van der Waals surface area (Å²) in [5.74, 6) is 0.364. The van der Waals surface area contributed by atoms with Crippen LogP contribution in [0, 0.1) is 0 Å². The fourth-order valence-electron chi connectivity index (χ4n) is 3.57. The number of hydrogen-bond acceptors (Lipinski definition) is 5. The third kappa shape index (κ3) is 3.56. The molecule has 3 heterocycles. The van der Waals surface area contributed by atoms with Gasteiger partial charge in [0.1, 0.15) is 17.5 Å². The predicted octanol–water partition coefficient (Wildman–Crippen LogP) is 3.57. The third-order valence-electron chi connectivity index (χ3n) is 5.38. The van der Waals surface area contributed by atoms with Gasteiger partial charge < -0.3 is 21.0 Å². The van der Waals surface area contributed by atoms with Crippen molar-refractivity contribution >= 4 is 22.6 Å². The Balaban J connectivity index is 1.85. The van der Waals surface area contributed by atoms with Gasteiger partial charge in [0.05, 0.1) is 11.4 Å². The van der Waals surface area contributed by atoms with E-state index < -0.39 is 0 Å². The number of imidazole rings is 1. The zero-order chi connectivity index (χ0) is 21.3. The van der Waals surface area contributed by atoms with Gasteiger partial charge in [-0.15, -0.1) is 0 Å². The molecule has 30 heavy (non-hydrogen) atoms. The molecule has 0 radical (unpaired) electrons. The number of furan rings is 1. The average molecular weight is 406 g/mol. The van der Waals surface area contributed by atoms with Crippen LogP contribution in [0.15, 0.2) is 46.1 Å². The molecule has 4 aromatic rings. The highest BCUT2D eigenvalue weighted by Gasteiger charge is 2.21. The van der Waals surface area contributed by atoms with Gasteiger partial charge in [0, 0.05) is 29.6 Å². The zero-order valence-corrected chi connectivity index (χ0v) is 17.2. The van der Waals surface area contributed by atoms with Crippen LogP contribution in [0.3, 0.4) is 0 Å². The zero-order valence-electron chi connectivity index (χ0n) is 17.2. The summed E-state index contributed by atoms with van der Waals surface area (Å²) in [5, 5.41) is 11.9. The van der Waals surface area contributed by atoms with E-state index in [9.17, 15) is 5.11 Å². The second-order valence-electron chi connectivity index (χ2n) is 7.45. The molecular weight excluding hydrogens is 380 g/mol. The van der Waals surface area contributed by atoms with E-state index in [4.69, 9.17) is 25.9 Å². The summed E-state index contributed by atoms with van der Waals surface area (Å²) in [5.41, 5.74) is 15.4. The first-order chi connectivity index (χ1) is 14.5. The monoisotopic (exact) mass is 406 g/mol. The fraction of sp³-hybridized carbons (Fsp3) is 0.318. The smallest absolute Gasteiger partial charge is 0.219 e. The van der Waals surface area contributed by atoms with Gasteiger partial charge in [-0.1, -0.05) is 32.0 Å². The molecule has 0 bridgehead atoms. The van der Waals surface area contributed by atoms with Crippen molar-refractivity contribution in [3.8, 4) is 17.1 Å². The molecule has 0 aliphatic heterocycles. The fourth-order valence-corrected chi connectivity index (χ4v) is 3.57. The van der Waals surface area contributed by atoms with E-state index in [0.29, 0.717) is 36.4 Å². The van der Waals surface area contributed by atoms with E-state index in [0.717, 1.165) is 28.6 Å². The summed E-state index contributed by atoms with van der Waals surface area (Å²) in [4.78, 5) is 13.7. The summed E-state index contributed by atoms with van der Waals surface area (Å²) in [6, 6.07) is 7.81. The maximum atomic E-state index is 10.9. The molecule has 1 atom stereocenters. The Hall–Kier alpha value is -3.55. The summed E-state index contributed by atoms with van der Waals surface area (Å²) < 4.78 is 7.42. The van der Waals surface area contributed by atoms with E-state index in [1.807, 2.05) is 30.5 Å². The number of benzene rings is 1. The van der Waals surface area contributed by atoms with Crippen LogP contribution in [-0.4, -0.2) is 32.0 Å². The first kappa shape index (κ1) is 19.8. The van der Waals surface area contributed by atoms with Gasteiger partial charge in [-0.25, -0.2) is 9.97 Å². The van der Waals surface area contributed by atoms with E-state index in [-0.39, 0.29) is 17.8 Å². The highest BCUT2D eigenvalue weighted by Crippen LogP contribution is 2.34. The van der Waals surface area contributed by atoms with Gasteiger partial charge in [-0.05, 0) is 25.3 Å². The Morgan fingerprint density at radius 2 is 2.07 bits per heavy atom. The first-order valence-corrected chi connectivity index (χ1v) is 10.1. The minimum absolute atomic E-state index is 0.0734. The van der Waals surface area contributed by atoms with Gasteiger partial charge in [-0.2, -0.15) is 0 Å². The molecule has 4 rings (SSSR count). The molecule has 8 heteroatoms. The lowest BCUT2D eigenvalue weighted by Crippen LogP contribution is -2.23. The summed E-state index contributed by atoms with van der Waals surface area (Å²) in [6.07, 6.45) is 5.73. The molecule has 0 saturated heterocycles. The molecule has 0 amide bonds. The third-order valence-corrected chi connectivity index (χ3v) is 5.38. The Labute approximate surface area is 174 Å². The molecule has 0 spiro atoms. The minimum atomic E-state index is 0.0734. The first-order valence-electron chi connectivity index (χ1n) is 10.1. The SMILES string of the molecule is CCC(C)c1nc2c(CCCN=C(N)N)nc(-c3coc4ccccc34)cn2c1O. The number of aryl methyl sites for hydroxylation is 1. The van der Waals surface area contributed by atoms with E-state index in [1.165, 1.54) is 0 Å². The van der Waals surface area contributed by atoms with Gasteiger partial charge in [-0.3, -0.25) is 9.39 Å². The van der Waals surface area contributed by atoms with Crippen LogP contribution in [0.4, 0.5) is 0 Å². The van der Waals surface area contributed by atoms with Crippen molar-refractivity contribution in [2.24, 2.45) is 16.5 Å². The molecule has 0 aliphatic carbocycles. The molecular formula is C22H26N6O2. The molecule has 156 valence electrons. The van der Waals surface area contributed by atoms with Crippen LogP contribution in [-0.2, 0) is 6.42 Å². The maximum absolute atomic E-state index is 10.9. The molecule has 0 aliphatic rings. The van der Waals surface area contributed by atoms with Crippen molar-refractivity contribution in [3.05, 3.63) is 48.1 Å². The summed E-state index contributed by atoms with van der Waals surface area (Å²) in [6.45, 7) is 4.63. The van der Waals surface area contributed by atoms with Crippen LogP contribution in [0.2, 0.25) is 0 Å². The van der Waals surface area contributed by atoms with Gasteiger partial charge >= 0.3 is 0 Å². The topological polar surface area (TPSA) is 128 Å². The highest BCUT2D eigenvalue weighted by atomic mass is 16.3. The number of nitrogens with two attached hydrogens (primary N) is 2. The standard InChI is InChI=1S/C22H26N6O2/c1-3-13(2)19-21(29)28-11-17(15-12-30-18-9-5-4-7-14(15)18)26-16(20(28)27-19)8-6-10-25-22(23)24/h4-5,7,9,11-13,29H,3,6,8,10H2,1-2H3,(H4,23,24,25). The van der Waals surface area contributed by atoms with Crippen molar-refractivity contribution < 1.29 is 9.52 Å². The number of aromatic hydroxyl groups is 1. The van der Waals surface area contributed by atoms with E-state index >= 15 is 0 Å². The van der Waals surface area contributed by atoms with Crippen LogP contribution in [0.5, 0.6) is 5.88 Å². The van der Waals surface area contributed by atoms with Crippen molar-refractivity contribution in [2.45, 2.75) is 39.0 Å².